The van der Waals surface area contributed by atoms with Crippen LogP contribution >= 0.6 is 11.3 Å². The largest absolute Gasteiger partial charge is 0.508 e. The number of benzene rings is 2. The Morgan fingerprint density at radius 2 is 2.03 bits per heavy atom. The summed E-state index contributed by atoms with van der Waals surface area (Å²) >= 11 is 1.30. The van der Waals surface area contributed by atoms with Crippen LogP contribution in [0.2, 0.25) is 0 Å². The normalized spacial score (nSPS) is 11.5. The highest BCUT2D eigenvalue weighted by Gasteiger charge is 2.15. The third kappa shape index (κ3) is 3.96. The summed E-state index contributed by atoms with van der Waals surface area (Å²) in [5.41, 5.74) is 1.05. The third-order valence-corrected chi connectivity index (χ3v) is 4.93. The van der Waals surface area contributed by atoms with Gasteiger partial charge in [-0.1, -0.05) is 0 Å². The van der Waals surface area contributed by atoms with Gasteiger partial charge in [0.2, 0.25) is 5.55 Å². The maximum absolute atomic E-state index is 12.9. The number of rotatable bonds is 5. The minimum atomic E-state index is -0.427. The number of methoxy groups -OCH3 is 2. The van der Waals surface area contributed by atoms with Crippen LogP contribution < -0.4 is 20.3 Å². The molecule has 0 unspecified atom stereocenters. The SMILES string of the molecule is COc1ccc(OC)c(N=c2oc3cc(O)ccc3cc2C(=O)Nc2nccs2)c1. The van der Waals surface area contributed by atoms with E-state index in [4.69, 9.17) is 13.9 Å². The number of fused-ring (bicyclic) bond motifs is 1. The summed E-state index contributed by atoms with van der Waals surface area (Å²) in [6.45, 7) is 0. The smallest absolute Gasteiger partial charge is 0.262 e. The number of hydrogen-bond donors (Lipinski definition) is 2. The molecule has 8 nitrogen and oxygen atoms in total. The van der Waals surface area contributed by atoms with E-state index in [2.05, 4.69) is 15.3 Å². The zero-order chi connectivity index (χ0) is 21.1. The van der Waals surface area contributed by atoms with Crippen molar-refractivity contribution in [1.82, 2.24) is 4.98 Å². The predicted molar refractivity (Wildman–Crippen MR) is 113 cm³/mol. The van der Waals surface area contributed by atoms with Crippen LogP contribution in [0.5, 0.6) is 17.2 Å². The van der Waals surface area contributed by atoms with Gasteiger partial charge in [-0.25, -0.2) is 9.98 Å². The average Bonchev–Trinajstić information content (AvgIpc) is 3.26. The monoisotopic (exact) mass is 423 g/mol. The van der Waals surface area contributed by atoms with Crippen molar-refractivity contribution in [2.45, 2.75) is 0 Å². The fraction of sp³-hybridized carbons (Fsp3) is 0.0952. The molecule has 0 radical (unpaired) electrons. The van der Waals surface area contributed by atoms with Gasteiger partial charge in [0.15, 0.2) is 5.13 Å². The lowest BCUT2D eigenvalue weighted by Crippen LogP contribution is -2.21. The van der Waals surface area contributed by atoms with E-state index in [1.807, 2.05) is 0 Å². The molecule has 2 aromatic carbocycles. The van der Waals surface area contributed by atoms with Crippen LogP contribution in [0.1, 0.15) is 10.4 Å². The van der Waals surface area contributed by atoms with Gasteiger partial charge in [-0.05, 0) is 30.3 Å². The highest BCUT2D eigenvalue weighted by Crippen LogP contribution is 2.31. The number of carbonyl (C=O) groups excluding carboxylic acids is 1. The van der Waals surface area contributed by atoms with Gasteiger partial charge < -0.3 is 19.0 Å². The summed E-state index contributed by atoms with van der Waals surface area (Å²) in [7, 11) is 3.06. The maximum Gasteiger partial charge on any atom is 0.262 e. The number of carbonyl (C=O) groups is 1. The number of hydrogen-bond acceptors (Lipinski definition) is 8. The molecule has 2 N–H and O–H groups in total. The van der Waals surface area contributed by atoms with Crippen molar-refractivity contribution in [1.29, 1.82) is 0 Å². The van der Waals surface area contributed by atoms with Gasteiger partial charge in [-0.2, -0.15) is 0 Å². The Kier molecular flexibility index (Phi) is 5.36. The summed E-state index contributed by atoms with van der Waals surface area (Å²) in [6.07, 6.45) is 1.60. The lowest BCUT2D eigenvalue weighted by Gasteiger charge is -2.08. The van der Waals surface area contributed by atoms with Crippen LogP contribution in [0.4, 0.5) is 10.8 Å². The van der Waals surface area contributed by atoms with Gasteiger partial charge in [0, 0.05) is 29.1 Å². The van der Waals surface area contributed by atoms with E-state index >= 15 is 0 Å². The first-order chi connectivity index (χ1) is 14.6. The number of nitrogens with one attached hydrogen (secondary N) is 1. The molecule has 0 atom stereocenters. The van der Waals surface area contributed by atoms with Gasteiger partial charge in [0.1, 0.15) is 34.1 Å². The second kappa shape index (κ2) is 8.26. The molecular formula is C21H17N3O5S. The molecule has 0 saturated heterocycles. The first kappa shape index (κ1) is 19.5. The molecule has 2 heterocycles. The number of aromatic nitrogens is 1. The second-order valence-corrected chi connectivity index (χ2v) is 7.02. The Bertz CT molecular complexity index is 1280. The molecule has 9 heteroatoms. The van der Waals surface area contributed by atoms with Crippen LogP contribution in [0.15, 0.2) is 63.5 Å². The van der Waals surface area contributed by atoms with E-state index in [9.17, 15) is 9.90 Å². The van der Waals surface area contributed by atoms with E-state index in [1.165, 1.54) is 30.6 Å². The summed E-state index contributed by atoms with van der Waals surface area (Å²) in [5.74, 6) is 0.662. The van der Waals surface area contributed by atoms with Crippen LogP contribution in [0.25, 0.3) is 11.0 Å². The summed E-state index contributed by atoms with van der Waals surface area (Å²) in [5, 5.41) is 15.4. The fourth-order valence-electron chi connectivity index (χ4n) is 2.80. The highest BCUT2D eigenvalue weighted by molar-refractivity contribution is 7.13. The Hall–Kier alpha value is -3.85. The summed E-state index contributed by atoms with van der Waals surface area (Å²) < 4.78 is 16.5. The molecule has 30 heavy (non-hydrogen) atoms. The molecule has 0 spiro atoms. The minimum absolute atomic E-state index is 0.0381. The second-order valence-electron chi connectivity index (χ2n) is 6.13. The lowest BCUT2D eigenvalue weighted by molar-refractivity contribution is 0.102. The van der Waals surface area contributed by atoms with Crippen molar-refractivity contribution in [3.63, 3.8) is 0 Å². The van der Waals surface area contributed by atoms with Crippen LogP contribution in [-0.2, 0) is 0 Å². The maximum atomic E-state index is 12.9. The Morgan fingerprint density at radius 3 is 2.77 bits per heavy atom. The van der Waals surface area contributed by atoms with E-state index in [1.54, 1.807) is 49.0 Å². The standard InChI is InChI=1S/C21H17N3O5S/c1-27-14-5-6-17(28-2)16(11-14)23-20-15(19(26)24-21-22-7-8-30-21)9-12-3-4-13(25)10-18(12)29-20/h3-11,25H,1-2H3,(H,22,24,26). The number of aromatic hydroxyl groups is 1. The van der Waals surface area contributed by atoms with Gasteiger partial charge in [-0.3, -0.25) is 10.1 Å². The van der Waals surface area contributed by atoms with Gasteiger partial charge in [0.05, 0.1) is 14.2 Å². The molecular weight excluding hydrogens is 406 g/mol. The van der Waals surface area contributed by atoms with Gasteiger partial charge >= 0.3 is 0 Å². The zero-order valence-electron chi connectivity index (χ0n) is 16.1. The van der Waals surface area contributed by atoms with Gasteiger partial charge in [0.25, 0.3) is 5.91 Å². The van der Waals surface area contributed by atoms with Crippen molar-refractivity contribution in [3.05, 3.63) is 65.2 Å². The molecule has 1 amide bonds. The van der Waals surface area contributed by atoms with Crippen molar-refractivity contribution in [2.24, 2.45) is 4.99 Å². The van der Waals surface area contributed by atoms with Crippen molar-refractivity contribution < 1.29 is 23.8 Å². The molecule has 0 fully saturated rings. The van der Waals surface area contributed by atoms with Crippen molar-refractivity contribution >= 4 is 39.0 Å². The Labute approximate surface area is 175 Å². The summed E-state index contributed by atoms with van der Waals surface area (Å²) in [4.78, 5) is 21.5. The Morgan fingerprint density at radius 1 is 1.17 bits per heavy atom. The van der Waals surface area contributed by atoms with E-state index in [0.29, 0.717) is 33.3 Å². The van der Waals surface area contributed by atoms with E-state index in [0.717, 1.165) is 0 Å². The molecule has 0 bridgehead atoms. The molecule has 0 aliphatic carbocycles. The molecule has 152 valence electrons. The highest BCUT2D eigenvalue weighted by atomic mass is 32.1. The fourth-order valence-corrected chi connectivity index (χ4v) is 3.32. The number of phenols is 1. The lowest BCUT2D eigenvalue weighted by atomic mass is 10.1. The van der Waals surface area contributed by atoms with Crippen LogP contribution in [-0.4, -0.2) is 30.2 Å². The van der Waals surface area contributed by atoms with Crippen molar-refractivity contribution in [2.75, 3.05) is 19.5 Å². The quantitative estimate of drug-likeness (QED) is 0.501. The molecule has 0 aliphatic heterocycles. The number of phenolic OH excluding ortho intramolecular Hbond substituents is 1. The Balaban J connectivity index is 1.92. The topological polar surface area (TPSA) is 106 Å². The van der Waals surface area contributed by atoms with E-state index in [-0.39, 0.29) is 16.9 Å². The summed E-state index contributed by atoms with van der Waals surface area (Å²) in [6, 6.07) is 11.4. The number of amides is 1. The van der Waals surface area contributed by atoms with Gasteiger partial charge in [-0.15, -0.1) is 11.3 Å². The minimum Gasteiger partial charge on any atom is -0.508 e. The van der Waals surface area contributed by atoms with Crippen LogP contribution in [0.3, 0.4) is 0 Å². The first-order valence-electron chi connectivity index (χ1n) is 8.82. The zero-order valence-corrected chi connectivity index (χ0v) is 16.9. The molecule has 4 rings (SSSR count). The predicted octanol–water partition coefficient (Wildman–Crippen LogP) is 4.10. The number of anilines is 1. The van der Waals surface area contributed by atoms with Crippen molar-refractivity contribution in [3.8, 4) is 17.2 Å². The molecule has 0 saturated carbocycles. The number of nitrogens with zero attached hydrogens (tertiary/aromatic N) is 2. The molecule has 4 aromatic rings. The third-order valence-electron chi connectivity index (χ3n) is 4.24. The van der Waals surface area contributed by atoms with Crippen LogP contribution in [0, 0.1) is 0 Å². The average molecular weight is 423 g/mol. The number of thiazole rings is 1. The number of ether oxygens (including phenoxy) is 2. The van der Waals surface area contributed by atoms with E-state index < -0.39 is 5.91 Å². The molecule has 0 aliphatic rings. The first-order valence-corrected chi connectivity index (χ1v) is 9.70. The molecule has 2 aromatic heterocycles.